The van der Waals surface area contributed by atoms with Crippen LogP contribution >= 0.6 is 0 Å². The summed E-state index contributed by atoms with van der Waals surface area (Å²) in [6.45, 7) is 0. The molecule has 0 N–H and O–H groups in total. The fourth-order valence-corrected chi connectivity index (χ4v) is 7.57. The summed E-state index contributed by atoms with van der Waals surface area (Å²) < 4.78 is 0. The molecule has 7 aromatic carbocycles. The zero-order valence-corrected chi connectivity index (χ0v) is 32.6. The molecule has 0 unspecified atom stereocenters. The predicted molar refractivity (Wildman–Crippen MR) is 244 cm³/mol. The van der Waals surface area contributed by atoms with Crippen molar-refractivity contribution in [2.75, 3.05) is 0 Å². The molecule has 0 saturated carbocycles. The first kappa shape index (κ1) is 36.2. The SMILES string of the molecule is c1ccc(-c2cc(-c3cccc(-c4ccccn4)c3)cc(-c3nc(-c4ccccc4)nc(-c4cc(-c5ccccc5)cc(-c5cccc(-c6ccccn6)c5)c4)n3)c2)cc1. The molecule has 0 aliphatic carbocycles. The maximum absolute atomic E-state index is 5.33. The zero-order chi connectivity index (χ0) is 40.1. The average molecular weight is 768 g/mol. The van der Waals surface area contributed by atoms with Gasteiger partial charge in [-0.3, -0.25) is 9.97 Å². The Labute approximate surface area is 349 Å². The van der Waals surface area contributed by atoms with Gasteiger partial charge in [0.15, 0.2) is 17.5 Å². The molecule has 0 fully saturated rings. The summed E-state index contributed by atoms with van der Waals surface area (Å²) in [5.41, 5.74) is 15.2. The fourth-order valence-electron chi connectivity index (χ4n) is 7.57. The molecular formula is C55H37N5. The molecule has 3 heterocycles. The second kappa shape index (κ2) is 16.4. The second-order valence-electron chi connectivity index (χ2n) is 14.6. The first-order valence-electron chi connectivity index (χ1n) is 20.0. The summed E-state index contributed by atoms with van der Waals surface area (Å²) in [5, 5.41) is 0. The van der Waals surface area contributed by atoms with Crippen molar-refractivity contribution < 1.29 is 0 Å². The van der Waals surface area contributed by atoms with E-state index in [9.17, 15) is 0 Å². The Morgan fingerprint density at radius 2 is 0.500 bits per heavy atom. The van der Waals surface area contributed by atoms with Gasteiger partial charge >= 0.3 is 0 Å². The number of benzene rings is 7. The van der Waals surface area contributed by atoms with Crippen LogP contribution in [0.3, 0.4) is 0 Å². The number of hydrogen-bond acceptors (Lipinski definition) is 5. The Kier molecular flexibility index (Phi) is 9.88. The van der Waals surface area contributed by atoms with Gasteiger partial charge in [0.25, 0.3) is 0 Å². The van der Waals surface area contributed by atoms with Crippen LogP contribution in [-0.4, -0.2) is 24.9 Å². The van der Waals surface area contributed by atoms with Gasteiger partial charge in [0.2, 0.25) is 0 Å². The summed E-state index contributed by atoms with van der Waals surface area (Å²) in [7, 11) is 0. The van der Waals surface area contributed by atoms with Crippen LogP contribution in [0.25, 0.3) is 101 Å². The van der Waals surface area contributed by atoms with Gasteiger partial charge in [0.1, 0.15) is 0 Å². The number of pyridine rings is 2. The molecule has 60 heavy (non-hydrogen) atoms. The van der Waals surface area contributed by atoms with Crippen LogP contribution < -0.4 is 0 Å². The Bertz CT molecular complexity index is 2880. The van der Waals surface area contributed by atoms with Crippen LogP contribution in [0, 0.1) is 0 Å². The van der Waals surface area contributed by atoms with Gasteiger partial charge in [0, 0.05) is 40.2 Å². The summed E-state index contributed by atoms with van der Waals surface area (Å²) in [6.07, 6.45) is 3.66. The van der Waals surface area contributed by atoms with Crippen molar-refractivity contribution >= 4 is 0 Å². The molecule has 0 atom stereocenters. The van der Waals surface area contributed by atoms with E-state index < -0.39 is 0 Å². The van der Waals surface area contributed by atoms with Gasteiger partial charge in [-0.05, 0) is 117 Å². The van der Waals surface area contributed by atoms with E-state index in [1.807, 2.05) is 91.3 Å². The monoisotopic (exact) mass is 767 g/mol. The van der Waals surface area contributed by atoms with Crippen LogP contribution in [-0.2, 0) is 0 Å². The van der Waals surface area contributed by atoms with Crippen LogP contribution in [0.5, 0.6) is 0 Å². The molecule has 5 nitrogen and oxygen atoms in total. The van der Waals surface area contributed by atoms with E-state index in [1.165, 1.54) is 0 Å². The lowest BCUT2D eigenvalue weighted by atomic mass is 9.94. The van der Waals surface area contributed by atoms with Crippen LogP contribution in [0.4, 0.5) is 0 Å². The lowest BCUT2D eigenvalue weighted by molar-refractivity contribution is 1.07. The van der Waals surface area contributed by atoms with Crippen molar-refractivity contribution in [1.29, 1.82) is 0 Å². The van der Waals surface area contributed by atoms with E-state index in [0.717, 1.165) is 83.7 Å². The summed E-state index contributed by atoms with van der Waals surface area (Å²) in [5.74, 6) is 1.77. The molecule has 0 bridgehead atoms. The third-order valence-electron chi connectivity index (χ3n) is 10.6. The molecule has 0 spiro atoms. The highest BCUT2D eigenvalue weighted by Gasteiger charge is 2.17. The maximum atomic E-state index is 5.33. The highest BCUT2D eigenvalue weighted by atomic mass is 15.0. The highest BCUT2D eigenvalue weighted by Crippen LogP contribution is 2.37. The molecule has 10 aromatic rings. The number of aromatic nitrogens is 5. The van der Waals surface area contributed by atoms with Crippen molar-refractivity contribution in [3.63, 3.8) is 0 Å². The first-order chi connectivity index (χ1) is 29.7. The first-order valence-corrected chi connectivity index (χ1v) is 20.0. The lowest BCUT2D eigenvalue weighted by Crippen LogP contribution is -2.01. The van der Waals surface area contributed by atoms with Crippen molar-refractivity contribution in [1.82, 2.24) is 24.9 Å². The number of nitrogens with zero attached hydrogens (tertiary/aromatic N) is 5. The lowest BCUT2D eigenvalue weighted by Gasteiger charge is -2.14. The fraction of sp³-hybridized carbons (Fsp3) is 0. The standard InChI is InChI=1S/C55H37N5/c1-4-16-38(17-5-1)45-32-47(41-22-14-24-43(30-41)51-26-10-12-28-56-51)36-49(34-45)54-58-53(40-20-8-3-9-21-40)59-55(60-54)50-35-46(39-18-6-2-7-19-39)33-48(37-50)42-23-15-25-44(31-42)52-27-11-13-29-57-52/h1-37H. The molecule has 0 saturated heterocycles. The van der Waals surface area contributed by atoms with E-state index in [2.05, 4.69) is 143 Å². The minimum absolute atomic E-state index is 0.586. The Morgan fingerprint density at radius 3 is 0.900 bits per heavy atom. The minimum Gasteiger partial charge on any atom is -0.256 e. The van der Waals surface area contributed by atoms with Crippen LogP contribution in [0.15, 0.2) is 225 Å². The molecule has 0 amide bonds. The Hall–Kier alpha value is -8.15. The second-order valence-corrected chi connectivity index (χ2v) is 14.6. The zero-order valence-electron chi connectivity index (χ0n) is 32.6. The molecule has 5 heteroatoms. The Balaban J connectivity index is 1.17. The van der Waals surface area contributed by atoms with E-state index in [4.69, 9.17) is 15.0 Å². The molecule has 3 aromatic heterocycles. The van der Waals surface area contributed by atoms with E-state index in [-0.39, 0.29) is 0 Å². The number of rotatable bonds is 9. The molecular weight excluding hydrogens is 731 g/mol. The molecule has 10 rings (SSSR count). The topological polar surface area (TPSA) is 64.5 Å². The minimum atomic E-state index is 0.586. The largest absolute Gasteiger partial charge is 0.256 e. The predicted octanol–water partition coefficient (Wildman–Crippen LogP) is 13.7. The van der Waals surface area contributed by atoms with E-state index >= 15 is 0 Å². The van der Waals surface area contributed by atoms with Gasteiger partial charge < -0.3 is 0 Å². The van der Waals surface area contributed by atoms with Crippen molar-refractivity contribution in [3.8, 4) is 101 Å². The van der Waals surface area contributed by atoms with Crippen molar-refractivity contribution in [2.45, 2.75) is 0 Å². The van der Waals surface area contributed by atoms with Gasteiger partial charge in [-0.2, -0.15) is 0 Å². The third-order valence-corrected chi connectivity index (χ3v) is 10.6. The van der Waals surface area contributed by atoms with Crippen LogP contribution in [0.2, 0.25) is 0 Å². The Morgan fingerprint density at radius 1 is 0.200 bits per heavy atom. The molecule has 0 aliphatic rings. The van der Waals surface area contributed by atoms with Gasteiger partial charge in [-0.15, -0.1) is 0 Å². The smallest absolute Gasteiger partial charge is 0.164 e. The van der Waals surface area contributed by atoms with E-state index in [0.29, 0.717) is 17.5 Å². The van der Waals surface area contributed by atoms with Gasteiger partial charge in [-0.1, -0.05) is 140 Å². The van der Waals surface area contributed by atoms with Crippen molar-refractivity contribution in [2.24, 2.45) is 0 Å². The quantitative estimate of drug-likeness (QED) is 0.146. The molecule has 282 valence electrons. The maximum Gasteiger partial charge on any atom is 0.164 e. The summed E-state index contributed by atoms with van der Waals surface area (Å²) in [6, 6.07) is 73.4. The van der Waals surface area contributed by atoms with Gasteiger partial charge in [0.05, 0.1) is 11.4 Å². The summed E-state index contributed by atoms with van der Waals surface area (Å²) in [4.78, 5) is 25.0. The third kappa shape index (κ3) is 7.76. The van der Waals surface area contributed by atoms with Gasteiger partial charge in [-0.25, -0.2) is 15.0 Å². The molecule has 0 aliphatic heterocycles. The number of hydrogen-bond donors (Lipinski definition) is 0. The molecule has 0 radical (unpaired) electrons. The van der Waals surface area contributed by atoms with Crippen molar-refractivity contribution in [3.05, 3.63) is 225 Å². The normalized spacial score (nSPS) is 11.0. The van der Waals surface area contributed by atoms with E-state index in [1.54, 1.807) is 0 Å². The summed E-state index contributed by atoms with van der Waals surface area (Å²) >= 11 is 0. The average Bonchev–Trinajstić information content (AvgIpc) is 3.35. The highest BCUT2D eigenvalue weighted by molar-refractivity contribution is 5.84. The van der Waals surface area contributed by atoms with Crippen LogP contribution in [0.1, 0.15) is 0 Å².